The van der Waals surface area contributed by atoms with Crippen LogP contribution in [0.25, 0.3) is 54.9 Å². The molecule has 0 aliphatic heterocycles. The standard InChI is InChI=1S/C54H37N/c1-53(2)44-25-13-10-20-38(44)41-30-29-36(32-48(41)53)55(35-17-4-3-5-18-35)50-33-49-52(43-24-9-8-23-42(43)50)51-37-19-7-6-16-34(37)28-31-47(51)54(49)45-26-14-11-21-39(45)40-22-12-15-27-46(40)54/h3-33H,1-2H3. The second-order valence-electron chi connectivity index (χ2n) is 16.0. The molecule has 0 radical (unpaired) electrons. The summed E-state index contributed by atoms with van der Waals surface area (Å²) in [5.74, 6) is 0. The molecular formula is C54H37N. The van der Waals surface area contributed by atoms with Crippen molar-refractivity contribution in [3.63, 3.8) is 0 Å². The highest BCUT2D eigenvalue weighted by Crippen LogP contribution is 2.66. The molecule has 0 heterocycles. The SMILES string of the molecule is CC1(C)c2ccccc2-c2ccc(N(c3ccccc3)c3cc4c(c5ccccc35)-c3c(ccc5ccccc35)C43c4ccccc4-c4ccccc43)cc21. The van der Waals surface area contributed by atoms with Gasteiger partial charge in [-0.25, -0.2) is 0 Å². The topological polar surface area (TPSA) is 3.24 Å². The first-order valence-electron chi connectivity index (χ1n) is 19.4. The summed E-state index contributed by atoms with van der Waals surface area (Å²) < 4.78 is 0. The summed E-state index contributed by atoms with van der Waals surface area (Å²) in [6, 6.07) is 70.7. The van der Waals surface area contributed by atoms with E-state index in [9.17, 15) is 0 Å². The molecule has 0 unspecified atom stereocenters. The third-order valence-corrected chi connectivity index (χ3v) is 13.0. The molecule has 0 amide bonds. The maximum absolute atomic E-state index is 2.56. The number of anilines is 3. The van der Waals surface area contributed by atoms with E-state index in [4.69, 9.17) is 0 Å². The summed E-state index contributed by atoms with van der Waals surface area (Å²) in [7, 11) is 0. The summed E-state index contributed by atoms with van der Waals surface area (Å²) in [6.45, 7) is 4.75. The van der Waals surface area contributed by atoms with Crippen LogP contribution in [0.4, 0.5) is 17.1 Å². The lowest BCUT2D eigenvalue weighted by Gasteiger charge is -2.33. The minimum Gasteiger partial charge on any atom is -0.310 e. The van der Waals surface area contributed by atoms with E-state index in [1.165, 1.54) is 94.0 Å². The predicted octanol–water partition coefficient (Wildman–Crippen LogP) is 14.1. The van der Waals surface area contributed by atoms with Crippen LogP contribution in [0, 0.1) is 0 Å². The Morgan fingerprint density at radius 1 is 0.345 bits per heavy atom. The average molecular weight is 700 g/mol. The van der Waals surface area contributed by atoms with Crippen LogP contribution >= 0.6 is 0 Å². The van der Waals surface area contributed by atoms with Crippen LogP contribution < -0.4 is 4.90 Å². The molecule has 1 nitrogen and oxygen atoms in total. The van der Waals surface area contributed by atoms with Gasteiger partial charge in [-0.05, 0) is 113 Å². The zero-order valence-electron chi connectivity index (χ0n) is 30.8. The van der Waals surface area contributed by atoms with Gasteiger partial charge >= 0.3 is 0 Å². The monoisotopic (exact) mass is 699 g/mol. The predicted molar refractivity (Wildman–Crippen MR) is 230 cm³/mol. The van der Waals surface area contributed by atoms with Crippen LogP contribution in [-0.2, 0) is 10.8 Å². The van der Waals surface area contributed by atoms with Crippen molar-refractivity contribution in [2.75, 3.05) is 4.90 Å². The Kier molecular flexibility index (Phi) is 6.11. The van der Waals surface area contributed by atoms with Crippen molar-refractivity contribution in [1.29, 1.82) is 0 Å². The average Bonchev–Trinajstić information content (AvgIpc) is 3.80. The molecule has 0 saturated carbocycles. The number of nitrogens with zero attached hydrogens (tertiary/aromatic N) is 1. The molecular weight excluding hydrogens is 663 g/mol. The van der Waals surface area contributed by atoms with E-state index in [0.29, 0.717) is 0 Å². The van der Waals surface area contributed by atoms with Gasteiger partial charge in [0.25, 0.3) is 0 Å². The Morgan fingerprint density at radius 3 is 1.62 bits per heavy atom. The Bertz CT molecular complexity index is 3030. The van der Waals surface area contributed by atoms with E-state index >= 15 is 0 Å². The van der Waals surface area contributed by atoms with Crippen molar-refractivity contribution in [2.24, 2.45) is 0 Å². The van der Waals surface area contributed by atoms with Crippen molar-refractivity contribution >= 4 is 38.6 Å². The van der Waals surface area contributed by atoms with Crippen LogP contribution in [0.5, 0.6) is 0 Å². The van der Waals surface area contributed by atoms with Gasteiger partial charge in [-0.2, -0.15) is 0 Å². The molecule has 0 bridgehead atoms. The Hall–Kier alpha value is -6.70. The maximum Gasteiger partial charge on any atom is 0.0726 e. The summed E-state index contributed by atoms with van der Waals surface area (Å²) in [5, 5.41) is 5.09. The van der Waals surface area contributed by atoms with E-state index in [1.54, 1.807) is 0 Å². The van der Waals surface area contributed by atoms with Gasteiger partial charge in [-0.3, -0.25) is 0 Å². The molecule has 0 aromatic heterocycles. The molecule has 1 spiro atoms. The van der Waals surface area contributed by atoms with E-state index in [2.05, 4.69) is 207 Å². The molecule has 3 aliphatic rings. The van der Waals surface area contributed by atoms with Gasteiger partial charge in [0, 0.05) is 22.2 Å². The molecule has 55 heavy (non-hydrogen) atoms. The van der Waals surface area contributed by atoms with Crippen molar-refractivity contribution in [2.45, 2.75) is 24.7 Å². The van der Waals surface area contributed by atoms with E-state index in [1.807, 2.05) is 0 Å². The van der Waals surface area contributed by atoms with Crippen molar-refractivity contribution in [1.82, 2.24) is 0 Å². The lowest BCUT2D eigenvalue weighted by atomic mass is 9.70. The van der Waals surface area contributed by atoms with Crippen LogP contribution in [0.3, 0.4) is 0 Å². The highest BCUT2D eigenvalue weighted by molar-refractivity contribution is 6.17. The molecule has 0 N–H and O–H groups in total. The van der Waals surface area contributed by atoms with E-state index < -0.39 is 5.41 Å². The number of para-hydroxylation sites is 1. The smallest absolute Gasteiger partial charge is 0.0726 e. The van der Waals surface area contributed by atoms with Crippen LogP contribution in [0.2, 0.25) is 0 Å². The molecule has 0 fully saturated rings. The van der Waals surface area contributed by atoms with Crippen molar-refractivity contribution in [3.8, 4) is 33.4 Å². The second-order valence-corrected chi connectivity index (χ2v) is 16.0. The quantitative estimate of drug-likeness (QED) is 0.177. The minimum absolute atomic E-state index is 0.117. The first-order chi connectivity index (χ1) is 27.1. The minimum atomic E-state index is -0.482. The Labute approximate surface area is 321 Å². The second kappa shape index (κ2) is 10.9. The van der Waals surface area contributed by atoms with Gasteiger partial charge < -0.3 is 4.90 Å². The van der Waals surface area contributed by atoms with E-state index in [-0.39, 0.29) is 5.41 Å². The fourth-order valence-electron chi connectivity index (χ4n) is 10.8. The maximum atomic E-state index is 2.56. The zero-order valence-corrected chi connectivity index (χ0v) is 30.8. The number of rotatable bonds is 3. The summed E-state index contributed by atoms with van der Waals surface area (Å²) in [6.07, 6.45) is 0. The van der Waals surface area contributed by atoms with Crippen molar-refractivity contribution < 1.29 is 0 Å². The van der Waals surface area contributed by atoms with Gasteiger partial charge in [-0.15, -0.1) is 0 Å². The third-order valence-electron chi connectivity index (χ3n) is 13.0. The van der Waals surface area contributed by atoms with Gasteiger partial charge in [0.2, 0.25) is 0 Å². The fraction of sp³-hybridized carbons (Fsp3) is 0.0741. The normalized spacial score (nSPS) is 14.7. The largest absolute Gasteiger partial charge is 0.310 e. The Morgan fingerprint density at radius 2 is 0.891 bits per heavy atom. The molecule has 12 rings (SSSR count). The number of benzene rings is 9. The zero-order chi connectivity index (χ0) is 36.5. The van der Waals surface area contributed by atoms with Crippen LogP contribution in [-0.4, -0.2) is 0 Å². The van der Waals surface area contributed by atoms with Crippen LogP contribution in [0.1, 0.15) is 47.2 Å². The van der Waals surface area contributed by atoms with Crippen molar-refractivity contribution in [3.05, 3.63) is 221 Å². The lowest BCUT2D eigenvalue weighted by molar-refractivity contribution is 0.660. The van der Waals surface area contributed by atoms with Gasteiger partial charge in [0.15, 0.2) is 0 Å². The van der Waals surface area contributed by atoms with Gasteiger partial charge in [-0.1, -0.05) is 172 Å². The number of hydrogen-bond acceptors (Lipinski definition) is 1. The third kappa shape index (κ3) is 3.87. The highest BCUT2D eigenvalue weighted by Gasteiger charge is 2.53. The molecule has 0 saturated heterocycles. The first-order valence-corrected chi connectivity index (χ1v) is 19.4. The summed E-state index contributed by atoms with van der Waals surface area (Å²) >= 11 is 0. The first kappa shape index (κ1) is 30.7. The number of hydrogen-bond donors (Lipinski definition) is 0. The van der Waals surface area contributed by atoms with Crippen LogP contribution in [0.15, 0.2) is 188 Å². The molecule has 9 aromatic carbocycles. The fourth-order valence-corrected chi connectivity index (χ4v) is 10.8. The molecule has 258 valence electrons. The van der Waals surface area contributed by atoms with Gasteiger partial charge in [0.05, 0.1) is 11.1 Å². The van der Waals surface area contributed by atoms with Gasteiger partial charge in [0.1, 0.15) is 0 Å². The Balaban J connectivity index is 1.22. The molecule has 0 atom stereocenters. The molecule has 3 aliphatic carbocycles. The molecule has 1 heteroatoms. The summed E-state index contributed by atoms with van der Waals surface area (Å²) in [5.41, 5.74) is 19.1. The van der Waals surface area contributed by atoms with E-state index in [0.717, 1.165) is 11.4 Å². The highest BCUT2D eigenvalue weighted by atomic mass is 15.1. The lowest BCUT2D eigenvalue weighted by Crippen LogP contribution is -2.26. The number of fused-ring (bicyclic) bond motifs is 17. The summed E-state index contributed by atoms with van der Waals surface area (Å²) in [4.78, 5) is 2.52. The molecule has 9 aromatic rings.